The maximum absolute atomic E-state index is 12.6. The summed E-state index contributed by atoms with van der Waals surface area (Å²) >= 11 is 6.31. The van der Waals surface area contributed by atoms with Crippen molar-refractivity contribution in [3.8, 4) is 0 Å². The van der Waals surface area contributed by atoms with Crippen molar-refractivity contribution < 1.29 is 4.79 Å². The van der Waals surface area contributed by atoms with Crippen LogP contribution in [0.5, 0.6) is 0 Å². The number of nitrogens with zero attached hydrogens (tertiary/aromatic N) is 1. The van der Waals surface area contributed by atoms with Crippen molar-refractivity contribution in [3.63, 3.8) is 0 Å². The van der Waals surface area contributed by atoms with Crippen molar-refractivity contribution in [2.75, 3.05) is 18.0 Å². The number of hydrogen-bond acceptors (Lipinski definition) is 3. The van der Waals surface area contributed by atoms with Gasteiger partial charge in [0.2, 0.25) is 5.91 Å². The highest BCUT2D eigenvalue weighted by molar-refractivity contribution is 6.33. The van der Waals surface area contributed by atoms with Crippen molar-refractivity contribution in [1.82, 2.24) is 5.32 Å². The van der Waals surface area contributed by atoms with E-state index in [1.165, 1.54) is 6.42 Å². The molecule has 0 radical (unpaired) electrons. The molecule has 2 fully saturated rings. The number of amides is 1. The number of rotatable bonds is 3. The average molecular weight is 336 g/mol. The van der Waals surface area contributed by atoms with Crippen LogP contribution >= 0.6 is 11.6 Å². The van der Waals surface area contributed by atoms with Crippen LogP contribution in [0, 0.1) is 0 Å². The lowest BCUT2D eigenvalue weighted by molar-refractivity contribution is -0.128. The van der Waals surface area contributed by atoms with Gasteiger partial charge >= 0.3 is 0 Å². The lowest BCUT2D eigenvalue weighted by atomic mass is 9.81. The number of hydrogen-bond donors (Lipinski definition) is 2. The van der Waals surface area contributed by atoms with Crippen LogP contribution in [-0.4, -0.2) is 30.6 Å². The Hall–Kier alpha value is -1.26. The number of piperidine rings is 1. The molecule has 2 aliphatic rings. The highest BCUT2D eigenvalue weighted by Crippen LogP contribution is 2.29. The summed E-state index contributed by atoms with van der Waals surface area (Å²) in [5.41, 5.74) is 6.73. The molecule has 1 aliphatic heterocycles. The van der Waals surface area contributed by atoms with Gasteiger partial charge in [0.1, 0.15) is 0 Å². The summed E-state index contributed by atoms with van der Waals surface area (Å²) in [6, 6.07) is 8.04. The SMILES string of the molecule is NC1(C(=O)NC2CCCN(c3ccccc3Cl)C2)CCCCC1. The normalized spacial score (nSPS) is 24.3. The van der Waals surface area contributed by atoms with Crippen molar-refractivity contribution >= 4 is 23.2 Å². The molecule has 1 aromatic rings. The number of nitrogens with two attached hydrogens (primary N) is 1. The van der Waals surface area contributed by atoms with E-state index in [1.54, 1.807) is 0 Å². The Morgan fingerprint density at radius 2 is 1.96 bits per heavy atom. The quantitative estimate of drug-likeness (QED) is 0.892. The summed E-state index contributed by atoms with van der Waals surface area (Å²) in [5.74, 6) is 0.0307. The first-order valence-electron chi connectivity index (χ1n) is 8.68. The first kappa shape index (κ1) is 16.6. The molecule has 3 rings (SSSR count). The molecule has 1 saturated carbocycles. The summed E-state index contributed by atoms with van der Waals surface area (Å²) in [4.78, 5) is 14.9. The highest BCUT2D eigenvalue weighted by Gasteiger charge is 2.36. The minimum atomic E-state index is -0.662. The Bertz CT molecular complexity index is 557. The monoisotopic (exact) mass is 335 g/mol. The van der Waals surface area contributed by atoms with Crippen LogP contribution in [0.3, 0.4) is 0 Å². The van der Waals surface area contributed by atoms with Crippen LogP contribution in [0.15, 0.2) is 24.3 Å². The van der Waals surface area contributed by atoms with Crippen LogP contribution in [0.25, 0.3) is 0 Å². The second kappa shape index (κ2) is 7.10. The molecule has 4 nitrogen and oxygen atoms in total. The third-order valence-corrected chi connectivity index (χ3v) is 5.47. The summed E-state index contributed by atoms with van der Waals surface area (Å²) in [7, 11) is 0. The summed E-state index contributed by atoms with van der Waals surface area (Å²) in [6.07, 6.45) is 6.96. The number of carbonyl (C=O) groups excluding carboxylic acids is 1. The van der Waals surface area contributed by atoms with Crippen molar-refractivity contribution in [2.24, 2.45) is 5.73 Å². The van der Waals surface area contributed by atoms with E-state index < -0.39 is 5.54 Å². The molecule has 5 heteroatoms. The fourth-order valence-corrected chi connectivity index (χ4v) is 4.02. The predicted molar refractivity (Wildman–Crippen MR) is 94.8 cm³/mol. The first-order chi connectivity index (χ1) is 11.1. The van der Waals surface area contributed by atoms with Gasteiger partial charge in [0, 0.05) is 19.1 Å². The zero-order valence-corrected chi connectivity index (χ0v) is 14.3. The van der Waals surface area contributed by atoms with E-state index in [0.29, 0.717) is 0 Å². The lowest BCUT2D eigenvalue weighted by Crippen LogP contribution is -2.59. The zero-order valence-electron chi connectivity index (χ0n) is 13.6. The third kappa shape index (κ3) is 3.81. The van der Waals surface area contributed by atoms with Crippen LogP contribution < -0.4 is 16.0 Å². The van der Waals surface area contributed by atoms with E-state index in [4.69, 9.17) is 17.3 Å². The van der Waals surface area contributed by atoms with Gasteiger partial charge in [-0.1, -0.05) is 43.0 Å². The number of carbonyl (C=O) groups is 1. The van der Waals surface area contributed by atoms with Crippen molar-refractivity contribution in [1.29, 1.82) is 0 Å². The van der Waals surface area contributed by atoms with E-state index >= 15 is 0 Å². The second-order valence-corrected chi connectivity index (χ2v) is 7.33. The topological polar surface area (TPSA) is 58.4 Å². The minimum absolute atomic E-state index is 0.0307. The maximum atomic E-state index is 12.6. The van der Waals surface area contributed by atoms with Crippen molar-refractivity contribution in [2.45, 2.75) is 56.5 Å². The molecule has 1 amide bonds. The summed E-state index contributed by atoms with van der Waals surface area (Å²) in [6.45, 7) is 1.77. The van der Waals surface area contributed by atoms with E-state index in [0.717, 1.165) is 62.3 Å². The molecule has 0 bridgehead atoms. The molecule has 1 saturated heterocycles. The smallest absolute Gasteiger partial charge is 0.240 e. The van der Waals surface area contributed by atoms with Crippen LogP contribution in [0.2, 0.25) is 5.02 Å². The largest absolute Gasteiger partial charge is 0.368 e. The number of anilines is 1. The first-order valence-corrected chi connectivity index (χ1v) is 9.06. The van der Waals surface area contributed by atoms with E-state index in [2.05, 4.69) is 10.2 Å². The van der Waals surface area contributed by atoms with Crippen molar-refractivity contribution in [3.05, 3.63) is 29.3 Å². The van der Waals surface area contributed by atoms with Gasteiger partial charge in [-0.2, -0.15) is 0 Å². The van der Waals surface area contributed by atoms with Gasteiger partial charge in [0.25, 0.3) is 0 Å². The number of para-hydroxylation sites is 1. The maximum Gasteiger partial charge on any atom is 0.240 e. The fourth-order valence-electron chi connectivity index (χ4n) is 3.76. The van der Waals surface area contributed by atoms with Gasteiger partial charge in [0.05, 0.1) is 16.2 Å². The van der Waals surface area contributed by atoms with Gasteiger partial charge in [-0.15, -0.1) is 0 Å². The molecule has 1 aromatic carbocycles. The number of nitrogens with one attached hydrogen (secondary N) is 1. The van der Waals surface area contributed by atoms with E-state index in [1.807, 2.05) is 24.3 Å². The molecule has 1 aliphatic carbocycles. The molecule has 1 unspecified atom stereocenters. The predicted octanol–water partition coefficient (Wildman–Crippen LogP) is 3.09. The van der Waals surface area contributed by atoms with Gasteiger partial charge in [-0.3, -0.25) is 4.79 Å². The Labute approximate surface area is 143 Å². The van der Waals surface area contributed by atoms with Gasteiger partial charge in [0.15, 0.2) is 0 Å². The van der Waals surface area contributed by atoms with E-state index in [-0.39, 0.29) is 11.9 Å². The molecule has 23 heavy (non-hydrogen) atoms. The van der Waals surface area contributed by atoms with Crippen LogP contribution in [0.4, 0.5) is 5.69 Å². The minimum Gasteiger partial charge on any atom is -0.368 e. The number of benzene rings is 1. The number of halogens is 1. The van der Waals surface area contributed by atoms with Gasteiger partial charge in [-0.05, 0) is 37.8 Å². The molecule has 0 aromatic heterocycles. The Kier molecular flexibility index (Phi) is 5.12. The standard InChI is InChI=1S/C18H26ClN3O/c19-15-8-2-3-9-16(15)22-12-6-7-14(13-22)21-17(23)18(20)10-4-1-5-11-18/h2-3,8-9,14H,1,4-7,10-13,20H2,(H,21,23). The molecular formula is C18H26ClN3O. The van der Waals surface area contributed by atoms with Gasteiger partial charge < -0.3 is 16.0 Å². The summed E-state index contributed by atoms with van der Waals surface area (Å²) < 4.78 is 0. The lowest BCUT2D eigenvalue weighted by Gasteiger charge is -2.38. The average Bonchev–Trinajstić information content (AvgIpc) is 2.56. The third-order valence-electron chi connectivity index (χ3n) is 5.15. The Morgan fingerprint density at radius 1 is 1.22 bits per heavy atom. The van der Waals surface area contributed by atoms with Crippen LogP contribution in [-0.2, 0) is 4.79 Å². The Balaban J connectivity index is 1.63. The highest BCUT2D eigenvalue weighted by atomic mass is 35.5. The molecule has 3 N–H and O–H groups in total. The van der Waals surface area contributed by atoms with Gasteiger partial charge in [-0.25, -0.2) is 0 Å². The molecule has 1 heterocycles. The zero-order chi connectivity index (χ0) is 16.3. The fraction of sp³-hybridized carbons (Fsp3) is 0.611. The molecule has 1 atom stereocenters. The Morgan fingerprint density at radius 3 is 2.70 bits per heavy atom. The summed E-state index contributed by atoms with van der Waals surface area (Å²) in [5, 5.41) is 3.97. The van der Waals surface area contributed by atoms with Crippen LogP contribution in [0.1, 0.15) is 44.9 Å². The van der Waals surface area contributed by atoms with E-state index in [9.17, 15) is 4.79 Å². The molecular weight excluding hydrogens is 310 g/mol. The molecule has 0 spiro atoms. The second-order valence-electron chi connectivity index (χ2n) is 6.93. The molecule has 126 valence electrons.